The van der Waals surface area contributed by atoms with Crippen LogP contribution in [0.2, 0.25) is 0 Å². The van der Waals surface area contributed by atoms with Gasteiger partial charge in [0.2, 0.25) is 0 Å². The van der Waals surface area contributed by atoms with Crippen molar-refractivity contribution in [3.63, 3.8) is 0 Å². The molecule has 0 radical (unpaired) electrons. The fourth-order valence-electron chi connectivity index (χ4n) is 6.93. The summed E-state index contributed by atoms with van der Waals surface area (Å²) in [7, 11) is 0. The SMILES string of the molecule is CC(=O)CCCON=C1C=C2CCC3C(CC[C@]4(C)C(=O)CCC34)[C@@]2(C)CC1. The zero-order valence-electron chi connectivity index (χ0n) is 17.8. The second kappa shape index (κ2) is 7.42. The highest BCUT2D eigenvalue weighted by molar-refractivity contribution is 5.96. The van der Waals surface area contributed by atoms with Crippen LogP contribution in [0.25, 0.3) is 0 Å². The van der Waals surface area contributed by atoms with Crippen LogP contribution in [0.1, 0.15) is 85.0 Å². The lowest BCUT2D eigenvalue weighted by Gasteiger charge is -2.57. The Bertz CT molecular complexity index is 723. The summed E-state index contributed by atoms with van der Waals surface area (Å²) < 4.78 is 0. The molecule has 0 spiro atoms. The molecule has 28 heavy (non-hydrogen) atoms. The van der Waals surface area contributed by atoms with Crippen LogP contribution in [0.3, 0.4) is 0 Å². The maximum Gasteiger partial charge on any atom is 0.139 e. The Morgan fingerprint density at radius 3 is 2.68 bits per heavy atom. The molecule has 0 heterocycles. The summed E-state index contributed by atoms with van der Waals surface area (Å²) in [4.78, 5) is 29.0. The van der Waals surface area contributed by atoms with Gasteiger partial charge < -0.3 is 9.63 Å². The molecular formula is C24H35NO3. The molecule has 0 aromatic carbocycles. The van der Waals surface area contributed by atoms with Gasteiger partial charge in [0, 0.05) is 18.3 Å². The Labute approximate surface area is 169 Å². The Kier molecular flexibility index (Phi) is 5.26. The van der Waals surface area contributed by atoms with Crippen LogP contribution < -0.4 is 0 Å². The van der Waals surface area contributed by atoms with Crippen molar-refractivity contribution in [3.05, 3.63) is 11.6 Å². The molecule has 0 aliphatic heterocycles. The predicted molar refractivity (Wildman–Crippen MR) is 110 cm³/mol. The molecule has 5 atom stereocenters. The average Bonchev–Trinajstić information content (AvgIpc) is 2.96. The van der Waals surface area contributed by atoms with Crippen LogP contribution in [0.15, 0.2) is 16.8 Å². The van der Waals surface area contributed by atoms with Gasteiger partial charge in [-0.3, -0.25) is 4.79 Å². The maximum atomic E-state index is 12.5. The Hall–Kier alpha value is -1.45. The summed E-state index contributed by atoms with van der Waals surface area (Å²) in [6, 6.07) is 0. The smallest absolute Gasteiger partial charge is 0.139 e. The first-order chi connectivity index (χ1) is 13.3. The van der Waals surface area contributed by atoms with Crippen molar-refractivity contribution in [2.75, 3.05) is 6.61 Å². The number of carbonyl (C=O) groups is 2. The van der Waals surface area contributed by atoms with Crippen molar-refractivity contribution in [1.29, 1.82) is 0 Å². The molecule has 4 nitrogen and oxygen atoms in total. The van der Waals surface area contributed by atoms with Crippen molar-refractivity contribution in [2.45, 2.75) is 85.0 Å². The zero-order valence-corrected chi connectivity index (χ0v) is 17.8. The first-order valence-electron chi connectivity index (χ1n) is 11.3. The van der Waals surface area contributed by atoms with E-state index in [4.69, 9.17) is 4.84 Å². The normalized spacial score (nSPS) is 41.1. The van der Waals surface area contributed by atoms with E-state index in [-0.39, 0.29) is 16.6 Å². The Morgan fingerprint density at radius 1 is 1.11 bits per heavy atom. The summed E-state index contributed by atoms with van der Waals surface area (Å²) in [6.45, 7) is 6.86. The van der Waals surface area contributed by atoms with Crippen molar-refractivity contribution in [2.24, 2.45) is 33.7 Å². The summed E-state index contributed by atoms with van der Waals surface area (Å²) in [5.41, 5.74) is 2.85. The minimum Gasteiger partial charge on any atom is -0.396 e. The fourth-order valence-corrected chi connectivity index (χ4v) is 6.93. The van der Waals surface area contributed by atoms with Crippen LogP contribution >= 0.6 is 0 Å². The highest BCUT2D eigenvalue weighted by Gasteiger charge is 2.58. The lowest BCUT2D eigenvalue weighted by molar-refractivity contribution is -0.132. The lowest BCUT2D eigenvalue weighted by atomic mass is 9.47. The maximum absolute atomic E-state index is 12.5. The van der Waals surface area contributed by atoms with Gasteiger partial charge in [-0.05, 0) is 87.5 Å². The van der Waals surface area contributed by atoms with Crippen LogP contribution in [0.5, 0.6) is 0 Å². The number of rotatable bonds is 5. The number of oxime groups is 1. The molecule has 154 valence electrons. The highest BCUT2D eigenvalue weighted by atomic mass is 16.6. The van der Waals surface area contributed by atoms with Gasteiger partial charge in [0.05, 0.1) is 5.71 Å². The van der Waals surface area contributed by atoms with Crippen LogP contribution in [0, 0.1) is 28.6 Å². The van der Waals surface area contributed by atoms with Crippen LogP contribution in [0.4, 0.5) is 0 Å². The third kappa shape index (κ3) is 3.27. The van der Waals surface area contributed by atoms with E-state index in [0.29, 0.717) is 30.6 Å². The molecule has 3 saturated carbocycles. The second-order valence-corrected chi connectivity index (χ2v) is 10.1. The minimum absolute atomic E-state index is 0.0340. The van der Waals surface area contributed by atoms with Gasteiger partial charge in [-0.25, -0.2) is 0 Å². The van der Waals surface area contributed by atoms with Crippen molar-refractivity contribution in [3.8, 4) is 0 Å². The number of carbonyl (C=O) groups excluding carboxylic acids is 2. The first kappa shape index (κ1) is 19.8. The summed E-state index contributed by atoms with van der Waals surface area (Å²) in [5.74, 6) is 2.78. The Morgan fingerprint density at radius 2 is 1.89 bits per heavy atom. The molecule has 0 aromatic rings. The monoisotopic (exact) mass is 385 g/mol. The average molecular weight is 386 g/mol. The number of Topliss-reactive ketones (excluding diaryl/α,β-unsaturated/α-hetero) is 2. The molecule has 3 unspecified atom stereocenters. The van der Waals surface area contributed by atoms with E-state index in [2.05, 4.69) is 25.1 Å². The molecular weight excluding hydrogens is 350 g/mol. The molecule has 0 saturated heterocycles. The van der Waals surface area contributed by atoms with Gasteiger partial charge in [0.15, 0.2) is 0 Å². The zero-order chi connectivity index (χ0) is 19.9. The first-order valence-corrected chi connectivity index (χ1v) is 11.3. The molecule has 0 amide bonds. The molecule has 4 aliphatic rings. The number of allylic oxidation sites excluding steroid dienone is 2. The number of hydrogen-bond acceptors (Lipinski definition) is 4. The van der Waals surface area contributed by atoms with Gasteiger partial charge in [0.1, 0.15) is 18.2 Å². The fraction of sp³-hybridized carbons (Fsp3) is 0.792. The van der Waals surface area contributed by atoms with E-state index in [0.717, 1.165) is 56.6 Å². The van der Waals surface area contributed by atoms with Crippen LogP contribution in [-0.4, -0.2) is 23.9 Å². The second-order valence-electron chi connectivity index (χ2n) is 10.1. The molecule has 4 heteroatoms. The third-order valence-corrected chi connectivity index (χ3v) is 8.63. The van der Waals surface area contributed by atoms with Gasteiger partial charge >= 0.3 is 0 Å². The number of hydrogen-bond donors (Lipinski definition) is 0. The van der Waals surface area contributed by atoms with Crippen molar-refractivity contribution < 1.29 is 14.4 Å². The summed E-state index contributed by atoms with van der Waals surface area (Å²) in [5, 5.41) is 4.36. The topological polar surface area (TPSA) is 55.7 Å². The van der Waals surface area contributed by atoms with E-state index in [9.17, 15) is 9.59 Å². The van der Waals surface area contributed by atoms with E-state index in [1.54, 1.807) is 12.5 Å². The standard InChI is InChI=1S/C24H35NO3/c1-16(26)5-4-14-28-25-18-10-12-23(2)17(15-18)6-7-19-20-8-9-22(27)24(20,3)13-11-21(19)23/h15,19-21H,4-14H2,1-3H3/t19?,20?,21?,23-,24-/m0/s1. The van der Waals surface area contributed by atoms with E-state index >= 15 is 0 Å². The number of fused-ring (bicyclic) bond motifs is 5. The number of ketones is 2. The van der Waals surface area contributed by atoms with Crippen molar-refractivity contribution in [1.82, 2.24) is 0 Å². The summed E-state index contributed by atoms with van der Waals surface area (Å²) in [6.07, 6.45) is 12.3. The quantitative estimate of drug-likeness (QED) is 0.479. The Balaban J connectivity index is 1.45. The van der Waals surface area contributed by atoms with Gasteiger partial charge in [-0.2, -0.15) is 0 Å². The molecule has 0 N–H and O–H groups in total. The third-order valence-electron chi connectivity index (χ3n) is 8.63. The number of nitrogens with zero attached hydrogens (tertiary/aromatic N) is 1. The van der Waals surface area contributed by atoms with E-state index < -0.39 is 0 Å². The van der Waals surface area contributed by atoms with E-state index in [1.807, 2.05) is 0 Å². The lowest BCUT2D eigenvalue weighted by Crippen LogP contribution is -2.50. The molecule has 0 bridgehead atoms. The summed E-state index contributed by atoms with van der Waals surface area (Å²) >= 11 is 0. The largest absolute Gasteiger partial charge is 0.396 e. The van der Waals surface area contributed by atoms with Crippen molar-refractivity contribution >= 4 is 17.3 Å². The van der Waals surface area contributed by atoms with Gasteiger partial charge in [0.25, 0.3) is 0 Å². The van der Waals surface area contributed by atoms with Gasteiger partial charge in [-0.15, -0.1) is 0 Å². The molecule has 4 aliphatic carbocycles. The van der Waals surface area contributed by atoms with E-state index in [1.165, 1.54) is 12.8 Å². The molecule has 3 fully saturated rings. The molecule has 0 aromatic heterocycles. The molecule has 4 rings (SSSR count). The van der Waals surface area contributed by atoms with Crippen LogP contribution in [-0.2, 0) is 14.4 Å². The van der Waals surface area contributed by atoms with Gasteiger partial charge in [-0.1, -0.05) is 24.6 Å². The minimum atomic E-state index is -0.0340. The predicted octanol–water partition coefficient (Wildman–Crippen LogP) is 5.26. The highest BCUT2D eigenvalue weighted by Crippen LogP contribution is 2.64.